The van der Waals surface area contributed by atoms with E-state index in [9.17, 15) is 13.6 Å². The Morgan fingerprint density at radius 1 is 1.20 bits per heavy atom. The lowest BCUT2D eigenvalue weighted by Gasteiger charge is -2.04. The summed E-state index contributed by atoms with van der Waals surface area (Å²) in [7, 11) is 0. The summed E-state index contributed by atoms with van der Waals surface area (Å²) in [6.45, 7) is 2.05. The maximum atomic E-state index is 13.3. The average molecular weight is 212 g/mol. The minimum atomic E-state index is -1.03. The van der Waals surface area contributed by atoms with Crippen molar-refractivity contribution in [1.82, 2.24) is 0 Å². The van der Waals surface area contributed by atoms with Gasteiger partial charge in [0.1, 0.15) is 0 Å². The maximum absolute atomic E-state index is 13.3. The van der Waals surface area contributed by atoms with Crippen LogP contribution in [0, 0.1) is 11.6 Å². The van der Waals surface area contributed by atoms with E-state index in [4.69, 9.17) is 0 Å². The van der Waals surface area contributed by atoms with Gasteiger partial charge in [-0.15, -0.1) is 0 Å². The highest BCUT2D eigenvalue weighted by Gasteiger charge is 2.12. The van der Waals surface area contributed by atoms with E-state index < -0.39 is 11.6 Å². The molecule has 15 heavy (non-hydrogen) atoms. The lowest BCUT2D eigenvalue weighted by molar-refractivity contribution is 0.111. The van der Waals surface area contributed by atoms with Gasteiger partial charge in [0.25, 0.3) is 0 Å². The maximum Gasteiger partial charge on any atom is 0.169 e. The van der Waals surface area contributed by atoms with E-state index in [1.807, 2.05) is 6.92 Å². The monoisotopic (exact) mass is 212 g/mol. The average Bonchev–Trinajstić information content (AvgIpc) is 2.25. The summed E-state index contributed by atoms with van der Waals surface area (Å²) < 4.78 is 26.5. The van der Waals surface area contributed by atoms with Crippen molar-refractivity contribution in [3.8, 4) is 0 Å². The first kappa shape index (κ1) is 11.8. The molecule has 0 N–H and O–H groups in total. The SMILES string of the molecule is CCCCCc1ccc(C=O)c(F)c1F. The molecule has 0 bridgehead atoms. The van der Waals surface area contributed by atoms with Crippen LogP contribution in [0.15, 0.2) is 12.1 Å². The first-order valence-electron chi connectivity index (χ1n) is 5.12. The van der Waals surface area contributed by atoms with E-state index in [1.54, 1.807) is 0 Å². The fourth-order valence-electron chi connectivity index (χ4n) is 1.45. The summed E-state index contributed by atoms with van der Waals surface area (Å²) in [5.74, 6) is -1.91. The van der Waals surface area contributed by atoms with Crippen LogP contribution in [0.2, 0.25) is 0 Å². The third kappa shape index (κ3) is 2.85. The molecule has 0 aliphatic rings. The van der Waals surface area contributed by atoms with Gasteiger partial charge < -0.3 is 0 Å². The van der Waals surface area contributed by atoms with Gasteiger partial charge in [0.2, 0.25) is 0 Å². The Morgan fingerprint density at radius 3 is 2.53 bits per heavy atom. The van der Waals surface area contributed by atoms with Gasteiger partial charge in [-0.2, -0.15) is 0 Å². The van der Waals surface area contributed by atoms with Gasteiger partial charge in [-0.1, -0.05) is 25.8 Å². The molecule has 0 atom stereocenters. The molecule has 0 aromatic heterocycles. The Bertz CT molecular complexity index is 348. The molecule has 3 heteroatoms. The molecule has 0 heterocycles. The van der Waals surface area contributed by atoms with Crippen LogP contribution < -0.4 is 0 Å². The third-order valence-corrected chi connectivity index (χ3v) is 2.37. The largest absolute Gasteiger partial charge is 0.298 e. The van der Waals surface area contributed by atoms with Gasteiger partial charge >= 0.3 is 0 Å². The molecule has 0 amide bonds. The number of halogens is 2. The van der Waals surface area contributed by atoms with E-state index in [0.29, 0.717) is 18.3 Å². The van der Waals surface area contributed by atoms with E-state index >= 15 is 0 Å². The van der Waals surface area contributed by atoms with Gasteiger partial charge in [-0.3, -0.25) is 4.79 Å². The van der Waals surface area contributed by atoms with Gasteiger partial charge in [-0.05, 0) is 24.5 Å². The number of hydrogen-bond donors (Lipinski definition) is 0. The first-order valence-corrected chi connectivity index (χ1v) is 5.12. The first-order chi connectivity index (χ1) is 7.20. The molecule has 1 rings (SSSR count). The summed E-state index contributed by atoms with van der Waals surface area (Å²) >= 11 is 0. The number of aryl methyl sites for hydroxylation is 1. The zero-order valence-electron chi connectivity index (χ0n) is 8.72. The van der Waals surface area contributed by atoms with Crippen molar-refractivity contribution in [3.05, 3.63) is 34.9 Å². The second-order valence-electron chi connectivity index (χ2n) is 3.52. The second-order valence-corrected chi connectivity index (χ2v) is 3.52. The van der Waals surface area contributed by atoms with Gasteiger partial charge in [-0.25, -0.2) is 8.78 Å². The van der Waals surface area contributed by atoms with Crippen LogP contribution in [0.3, 0.4) is 0 Å². The smallest absolute Gasteiger partial charge is 0.169 e. The lowest BCUT2D eigenvalue weighted by Crippen LogP contribution is -1.99. The number of carbonyl (C=O) groups excluding carboxylic acids is 1. The standard InChI is InChI=1S/C12H14F2O/c1-2-3-4-5-9-6-7-10(8-15)12(14)11(9)13/h6-8H,2-5H2,1H3. The molecule has 1 aromatic rings. The molecular formula is C12H14F2O. The van der Waals surface area contributed by atoms with E-state index in [0.717, 1.165) is 19.3 Å². The molecule has 0 spiro atoms. The molecule has 82 valence electrons. The predicted octanol–water partition coefficient (Wildman–Crippen LogP) is 3.51. The molecule has 0 aliphatic carbocycles. The van der Waals surface area contributed by atoms with Crippen molar-refractivity contribution in [2.75, 3.05) is 0 Å². The van der Waals surface area contributed by atoms with Gasteiger partial charge in [0, 0.05) is 0 Å². The van der Waals surface area contributed by atoms with E-state index in [1.165, 1.54) is 12.1 Å². The van der Waals surface area contributed by atoms with Crippen LogP contribution in [0.4, 0.5) is 8.78 Å². The Balaban J connectivity index is 2.82. The van der Waals surface area contributed by atoms with Crippen LogP contribution in [0.5, 0.6) is 0 Å². The molecule has 1 aromatic carbocycles. The van der Waals surface area contributed by atoms with Crippen molar-refractivity contribution < 1.29 is 13.6 Å². The second kappa shape index (κ2) is 5.59. The number of aldehydes is 1. The molecule has 1 nitrogen and oxygen atoms in total. The topological polar surface area (TPSA) is 17.1 Å². The van der Waals surface area contributed by atoms with Crippen LogP contribution in [-0.2, 0) is 6.42 Å². The molecule has 0 unspecified atom stereocenters. The summed E-state index contributed by atoms with van der Waals surface area (Å²) in [6, 6.07) is 2.81. The summed E-state index contributed by atoms with van der Waals surface area (Å²) in [4.78, 5) is 10.3. The fraction of sp³-hybridized carbons (Fsp3) is 0.417. The fourth-order valence-corrected chi connectivity index (χ4v) is 1.45. The zero-order valence-corrected chi connectivity index (χ0v) is 8.72. The molecular weight excluding hydrogens is 198 g/mol. The number of benzene rings is 1. The van der Waals surface area contributed by atoms with Crippen LogP contribution in [0.25, 0.3) is 0 Å². The molecule has 0 aliphatic heterocycles. The number of carbonyl (C=O) groups is 1. The highest BCUT2D eigenvalue weighted by atomic mass is 19.2. The Labute approximate surface area is 88.1 Å². The number of unbranched alkanes of at least 4 members (excludes halogenated alkanes) is 2. The highest BCUT2D eigenvalue weighted by molar-refractivity contribution is 5.75. The summed E-state index contributed by atoms with van der Waals surface area (Å²) in [6.07, 6.45) is 3.73. The van der Waals surface area contributed by atoms with Crippen molar-refractivity contribution in [3.63, 3.8) is 0 Å². The number of hydrogen-bond acceptors (Lipinski definition) is 1. The Hall–Kier alpha value is -1.25. The third-order valence-electron chi connectivity index (χ3n) is 2.37. The molecule has 0 saturated carbocycles. The van der Waals surface area contributed by atoms with Crippen LogP contribution >= 0.6 is 0 Å². The molecule has 0 saturated heterocycles. The predicted molar refractivity (Wildman–Crippen MR) is 55.0 cm³/mol. The van der Waals surface area contributed by atoms with E-state index in [2.05, 4.69) is 0 Å². The quantitative estimate of drug-likeness (QED) is 0.539. The minimum Gasteiger partial charge on any atom is -0.298 e. The van der Waals surface area contributed by atoms with Crippen molar-refractivity contribution in [1.29, 1.82) is 0 Å². The van der Waals surface area contributed by atoms with Crippen LogP contribution in [-0.4, -0.2) is 6.29 Å². The van der Waals surface area contributed by atoms with Gasteiger partial charge in [0.15, 0.2) is 17.9 Å². The van der Waals surface area contributed by atoms with Crippen molar-refractivity contribution >= 4 is 6.29 Å². The zero-order chi connectivity index (χ0) is 11.3. The van der Waals surface area contributed by atoms with Crippen molar-refractivity contribution in [2.24, 2.45) is 0 Å². The molecule has 0 radical (unpaired) electrons. The number of rotatable bonds is 5. The summed E-state index contributed by atoms with van der Waals surface area (Å²) in [5.41, 5.74) is 0.137. The van der Waals surface area contributed by atoms with Crippen molar-refractivity contribution in [2.45, 2.75) is 32.6 Å². The molecule has 0 fully saturated rings. The highest BCUT2D eigenvalue weighted by Crippen LogP contribution is 2.17. The normalized spacial score (nSPS) is 10.3. The summed E-state index contributed by atoms with van der Waals surface area (Å²) in [5, 5.41) is 0. The van der Waals surface area contributed by atoms with E-state index in [-0.39, 0.29) is 5.56 Å². The lowest BCUT2D eigenvalue weighted by atomic mass is 10.0. The van der Waals surface area contributed by atoms with Gasteiger partial charge in [0.05, 0.1) is 5.56 Å². The Kier molecular flexibility index (Phi) is 4.40. The minimum absolute atomic E-state index is 0.216. The Morgan fingerprint density at radius 2 is 1.93 bits per heavy atom. The van der Waals surface area contributed by atoms with Crippen LogP contribution in [0.1, 0.15) is 42.1 Å².